The first-order chi connectivity index (χ1) is 11.2. The Morgan fingerprint density at radius 2 is 2.13 bits per heavy atom. The van der Waals surface area contributed by atoms with Crippen molar-refractivity contribution in [1.29, 1.82) is 0 Å². The van der Waals surface area contributed by atoms with E-state index < -0.39 is 0 Å². The molecule has 5 heteroatoms. The summed E-state index contributed by atoms with van der Waals surface area (Å²) in [7, 11) is 0. The number of ether oxygens (including phenoxy) is 1. The number of para-hydroxylation sites is 1. The molecule has 3 aromatic rings. The summed E-state index contributed by atoms with van der Waals surface area (Å²) >= 11 is 0. The van der Waals surface area contributed by atoms with E-state index in [2.05, 4.69) is 15.5 Å². The van der Waals surface area contributed by atoms with E-state index in [-0.39, 0.29) is 12.5 Å². The average molecular weight is 307 g/mol. The highest BCUT2D eigenvalue weighted by Gasteiger charge is 2.03. The van der Waals surface area contributed by atoms with Gasteiger partial charge in [0, 0.05) is 11.7 Å². The third kappa shape index (κ3) is 3.77. The molecule has 116 valence electrons. The number of benzene rings is 2. The van der Waals surface area contributed by atoms with Crippen LogP contribution in [0, 0.1) is 6.92 Å². The minimum atomic E-state index is -0.301. The van der Waals surface area contributed by atoms with Crippen molar-refractivity contribution >= 4 is 23.0 Å². The fourth-order valence-corrected chi connectivity index (χ4v) is 2.22. The van der Waals surface area contributed by atoms with Crippen LogP contribution >= 0.6 is 0 Å². The lowest BCUT2D eigenvalue weighted by Gasteiger charge is -2.07. The Kier molecular flexibility index (Phi) is 4.38. The van der Waals surface area contributed by atoms with Crippen molar-refractivity contribution in [3.63, 3.8) is 0 Å². The molecule has 2 N–H and O–H groups in total. The number of aryl methyl sites for hydroxylation is 1. The molecule has 0 aliphatic carbocycles. The Hall–Kier alpha value is -3.08. The number of amides is 1. The van der Waals surface area contributed by atoms with Crippen LogP contribution in [0.25, 0.3) is 10.9 Å². The van der Waals surface area contributed by atoms with Gasteiger partial charge in [-0.3, -0.25) is 4.79 Å². The molecule has 0 spiro atoms. The topological polar surface area (TPSA) is 66.5 Å². The first-order valence-corrected chi connectivity index (χ1v) is 7.30. The summed E-state index contributed by atoms with van der Waals surface area (Å²) in [6.07, 6.45) is 3.49. The molecule has 1 heterocycles. The molecule has 0 saturated heterocycles. The summed E-state index contributed by atoms with van der Waals surface area (Å²) in [6, 6.07) is 15.5. The Morgan fingerprint density at radius 3 is 3.00 bits per heavy atom. The molecule has 0 saturated carbocycles. The molecule has 23 heavy (non-hydrogen) atoms. The number of aromatic amines is 1. The predicted molar refractivity (Wildman–Crippen MR) is 90.7 cm³/mol. The second-order valence-corrected chi connectivity index (χ2v) is 5.17. The van der Waals surface area contributed by atoms with Crippen LogP contribution in [0.15, 0.2) is 59.8 Å². The van der Waals surface area contributed by atoms with E-state index in [1.165, 1.54) is 0 Å². The van der Waals surface area contributed by atoms with Crippen LogP contribution in [-0.4, -0.2) is 23.7 Å². The lowest BCUT2D eigenvalue weighted by Crippen LogP contribution is -2.24. The van der Waals surface area contributed by atoms with Gasteiger partial charge in [0.1, 0.15) is 5.75 Å². The van der Waals surface area contributed by atoms with Crippen LogP contribution in [0.4, 0.5) is 0 Å². The number of nitrogens with zero attached hydrogens (tertiary/aromatic N) is 1. The van der Waals surface area contributed by atoms with Gasteiger partial charge in [-0.15, -0.1) is 0 Å². The number of carbonyl (C=O) groups is 1. The molecule has 0 aliphatic rings. The molecule has 0 bridgehead atoms. The number of carbonyl (C=O) groups excluding carboxylic acids is 1. The number of H-pyrrole nitrogens is 1. The van der Waals surface area contributed by atoms with Gasteiger partial charge < -0.3 is 9.72 Å². The number of hydrogen-bond donors (Lipinski definition) is 2. The first kappa shape index (κ1) is 14.8. The van der Waals surface area contributed by atoms with Gasteiger partial charge in [0.2, 0.25) is 0 Å². The standard InChI is InChI=1S/C18H17N3O2/c1-13-4-2-3-5-17(13)23-12-18(22)21-20-11-14-6-7-15-8-9-19-16(15)10-14/h2-11,19H,12H2,1H3,(H,21,22). The molecule has 0 unspecified atom stereocenters. The van der Waals surface area contributed by atoms with Crippen molar-refractivity contribution in [1.82, 2.24) is 10.4 Å². The van der Waals surface area contributed by atoms with Crippen molar-refractivity contribution in [3.05, 3.63) is 65.9 Å². The summed E-state index contributed by atoms with van der Waals surface area (Å²) in [4.78, 5) is 14.9. The lowest BCUT2D eigenvalue weighted by molar-refractivity contribution is -0.123. The fourth-order valence-electron chi connectivity index (χ4n) is 2.22. The van der Waals surface area contributed by atoms with E-state index in [1.807, 2.05) is 61.7 Å². The van der Waals surface area contributed by atoms with Gasteiger partial charge in [-0.25, -0.2) is 5.43 Å². The van der Waals surface area contributed by atoms with E-state index in [4.69, 9.17) is 4.74 Å². The van der Waals surface area contributed by atoms with Gasteiger partial charge in [0.15, 0.2) is 6.61 Å². The van der Waals surface area contributed by atoms with Gasteiger partial charge in [-0.1, -0.05) is 30.3 Å². The summed E-state index contributed by atoms with van der Waals surface area (Å²) in [5.41, 5.74) is 5.38. The molecule has 3 rings (SSSR count). The SMILES string of the molecule is Cc1ccccc1OCC(=O)NN=Cc1ccc2cc[nH]c2c1. The summed E-state index contributed by atoms with van der Waals surface area (Å²) < 4.78 is 5.46. The zero-order valence-electron chi connectivity index (χ0n) is 12.7. The van der Waals surface area contributed by atoms with E-state index in [9.17, 15) is 4.79 Å². The molecular formula is C18H17N3O2. The highest BCUT2D eigenvalue weighted by Crippen LogP contribution is 2.15. The molecular weight excluding hydrogens is 290 g/mol. The number of rotatable bonds is 5. The van der Waals surface area contributed by atoms with Crippen LogP contribution < -0.4 is 10.2 Å². The molecule has 0 aliphatic heterocycles. The minimum Gasteiger partial charge on any atom is -0.483 e. The smallest absolute Gasteiger partial charge is 0.277 e. The molecule has 1 amide bonds. The highest BCUT2D eigenvalue weighted by molar-refractivity contribution is 5.89. The predicted octanol–water partition coefficient (Wildman–Crippen LogP) is 3.01. The van der Waals surface area contributed by atoms with Crippen molar-refractivity contribution in [2.75, 3.05) is 6.61 Å². The lowest BCUT2D eigenvalue weighted by atomic mass is 10.2. The second kappa shape index (κ2) is 6.79. The largest absolute Gasteiger partial charge is 0.483 e. The second-order valence-electron chi connectivity index (χ2n) is 5.17. The third-order valence-electron chi connectivity index (χ3n) is 3.43. The van der Waals surface area contributed by atoms with Gasteiger partial charge in [-0.05, 0) is 41.6 Å². The van der Waals surface area contributed by atoms with Gasteiger partial charge in [-0.2, -0.15) is 5.10 Å². The van der Waals surface area contributed by atoms with Gasteiger partial charge in [0.05, 0.1) is 6.21 Å². The molecule has 5 nitrogen and oxygen atoms in total. The molecule has 0 fully saturated rings. The van der Waals surface area contributed by atoms with Crippen molar-refractivity contribution in [2.24, 2.45) is 5.10 Å². The first-order valence-electron chi connectivity index (χ1n) is 7.30. The van der Waals surface area contributed by atoms with Gasteiger partial charge >= 0.3 is 0 Å². The highest BCUT2D eigenvalue weighted by atomic mass is 16.5. The third-order valence-corrected chi connectivity index (χ3v) is 3.43. The molecule has 0 atom stereocenters. The van der Waals surface area contributed by atoms with Crippen molar-refractivity contribution in [2.45, 2.75) is 6.92 Å². The number of nitrogens with one attached hydrogen (secondary N) is 2. The normalized spacial score (nSPS) is 11.0. The summed E-state index contributed by atoms with van der Waals surface area (Å²) in [6.45, 7) is 1.86. The van der Waals surface area contributed by atoms with E-state index in [0.29, 0.717) is 5.75 Å². The Morgan fingerprint density at radius 1 is 1.26 bits per heavy atom. The summed E-state index contributed by atoms with van der Waals surface area (Å²) in [5, 5.41) is 5.09. The number of hydrazone groups is 1. The monoisotopic (exact) mass is 307 g/mol. The summed E-state index contributed by atoms with van der Waals surface area (Å²) in [5.74, 6) is 0.397. The van der Waals surface area contributed by atoms with Crippen LogP contribution in [0.3, 0.4) is 0 Å². The van der Waals surface area contributed by atoms with Crippen LogP contribution in [-0.2, 0) is 4.79 Å². The van der Waals surface area contributed by atoms with Crippen LogP contribution in [0.5, 0.6) is 5.75 Å². The number of hydrogen-bond acceptors (Lipinski definition) is 3. The Labute approximate surface area is 134 Å². The quantitative estimate of drug-likeness (QED) is 0.562. The zero-order valence-corrected chi connectivity index (χ0v) is 12.7. The van der Waals surface area contributed by atoms with Crippen LogP contribution in [0.1, 0.15) is 11.1 Å². The zero-order chi connectivity index (χ0) is 16.1. The average Bonchev–Trinajstić information content (AvgIpc) is 3.02. The van der Waals surface area contributed by atoms with E-state index in [1.54, 1.807) is 6.21 Å². The Bertz CT molecular complexity index is 852. The maximum absolute atomic E-state index is 11.7. The minimum absolute atomic E-state index is 0.0716. The molecule has 2 aromatic carbocycles. The molecule has 0 radical (unpaired) electrons. The maximum Gasteiger partial charge on any atom is 0.277 e. The fraction of sp³-hybridized carbons (Fsp3) is 0.111. The van der Waals surface area contributed by atoms with Gasteiger partial charge in [0.25, 0.3) is 5.91 Å². The van der Waals surface area contributed by atoms with Crippen molar-refractivity contribution < 1.29 is 9.53 Å². The number of aromatic nitrogens is 1. The maximum atomic E-state index is 11.7. The van der Waals surface area contributed by atoms with E-state index >= 15 is 0 Å². The van der Waals surface area contributed by atoms with Crippen LogP contribution in [0.2, 0.25) is 0 Å². The Balaban J connectivity index is 1.53. The molecule has 1 aromatic heterocycles. The van der Waals surface area contributed by atoms with E-state index in [0.717, 1.165) is 22.0 Å². The number of fused-ring (bicyclic) bond motifs is 1. The van der Waals surface area contributed by atoms with Crippen molar-refractivity contribution in [3.8, 4) is 5.75 Å².